The Hall–Kier alpha value is -1.07. The number of halogens is 1. The third kappa shape index (κ3) is 2.77. The number of methoxy groups -OCH3 is 1. The molecule has 1 aromatic rings. The van der Waals surface area contributed by atoms with Crippen LogP contribution in [0.4, 0.5) is 0 Å². The van der Waals surface area contributed by atoms with Crippen molar-refractivity contribution in [1.82, 2.24) is 4.90 Å². The first-order valence-electron chi connectivity index (χ1n) is 6.47. The first-order valence-corrected chi connectivity index (χ1v) is 7.26. The molecule has 2 rings (SSSR count). The second-order valence-electron chi connectivity index (χ2n) is 4.71. The molecule has 1 aliphatic rings. The highest BCUT2D eigenvalue weighted by molar-refractivity contribution is 9.10. The van der Waals surface area contributed by atoms with Crippen LogP contribution in [0, 0.1) is 0 Å². The topological polar surface area (TPSA) is 55.6 Å². The first-order chi connectivity index (χ1) is 9.08. The number of nitrogens with two attached hydrogens (primary N) is 1. The number of hydrogen-bond donors (Lipinski definition) is 1. The van der Waals surface area contributed by atoms with Gasteiger partial charge in [-0.1, -0.05) is 15.9 Å². The second-order valence-corrected chi connectivity index (χ2v) is 5.63. The summed E-state index contributed by atoms with van der Waals surface area (Å²) in [6.07, 6.45) is 1.25. The molecule has 1 aromatic carbocycles. The van der Waals surface area contributed by atoms with Gasteiger partial charge in [-0.15, -0.1) is 0 Å². The Morgan fingerprint density at radius 3 is 2.89 bits per heavy atom. The van der Waals surface area contributed by atoms with Crippen LogP contribution in [-0.4, -0.2) is 30.5 Å². The van der Waals surface area contributed by atoms with Crippen LogP contribution in [0.1, 0.15) is 31.4 Å². The van der Waals surface area contributed by atoms with Crippen molar-refractivity contribution in [3.63, 3.8) is 0 Å². The summed E-state index contributed by atoms with van der Waals surface area (Å²) in [6.45, 7) is 2.64. The highest BCUT2D eigenvalue weighted by Crippen LogP contribution is 2.37. The van der Waals surface area contributed by atoms with Crippen LogP contribution in [0.2, 0.25) is 0 Å². The van der Waals surface area contributed by atoms with Crippen molar-refractivity contribution in [2.45, 2.75) is 31.8 Å². The zero-order valence-electron chi connectivity index (χ0n) is 11.2. The summed E-state index contributed by atoms with van der Waals surface area (Å²) < 4.78 is 6.38. The van der Waals surface area contributed by atoms with Gasteiger partial charge < -0.3 is 15.4 Å². The van der Waals surface area contributed by atoms with E-state index in [4.69, 9.17) is 10.5 Å². The fourth-order valence-corrected chi connectivity index (χ4v) is 3.06. The molecule has 1 heterocycles. The number of hydrogen-bond acceptors (Lipinski definition) is 3. The third-order valence-electron chi connectivity index (χ3n) is 3.60. The van der Waals surface area contributed by atoms with Crippen molar-refractivity contribution >= 4 is 21.8 Å². The molecular weight excluding hydrogens is 308 g/mol. The monoisotopic (exact) mass is 326 g/mol. The molecule has 19 heavy (non-hydrogen) atoms. The van der Waals surface area contributed by atoms with Gasteiger partial charge >= 0.3 is 0 Å². The summed E-state index contributed by atoms with van der Waals surface area (Å²) in [4.78, 5) is 13.9. The Balaban J connectivity index is 2.47. The van der Waals surface area contributed by atoms with Gasteiger partial charge in [0, 0.05) is 29.0 Å². The highest BCUT2D eigenvalue weighted by Gasteiger charge is 2.35. The van der Waals surface area contributed by atoms with E-state index in [0.717, 1.165) is 22.2 Å². The molecule has 0 spiro atoms. The normalized spacial score (nSPS) is 23.6. The number of likely N-dealkylation sites (tertiary alicyclic amines) is 1. The number of rotatable bonds is 3. The van der Waals surface area contributed by atoms with Crippen molar-refractivity contribution < 1.29 is 9.53 Å². The van der Waals surface area contributed by atoms with Gasteiger partial charge in [0.25, 0.3) is 0 Å². The van der Waals surface area contributed by atoms with Gasteiger partial charge in [-0.2, -0.15) is 0 Å². The number of likely N-dealkylation sites (N-methyl/N-ethyl adjacent to an activating group) is 1. The maximum Gasteiger partial charge on any atom is 0.223 e. The molecule has 4 nitrogen and oxygen atoms in total. The van der Waals surface area contributed by atoms with Crippen LogP contribution in [0.15, 0.2) is 22.7 Å². The Kier molecular flexibility index (Phi) is 4.47. The fraction of sp³-hybridized carbons (Fsp3) is 0.500. The molecule has 1 amide bonds. The maximum absolute atomic E-state index is 12.1. The summed E-state index contributed by atoms with van der Waals surface area (Å²) >= 11 is 3.47. The van der Waals surface area contributed by atoms with E-state index in [0.29, 0.717) is 13.0 Å². The molecule has 104 valence electrons. The van der Waals surface area contributed by atoms with Gasteiger partial charge in [0.1, 0.15) is 5.75 Å². The number of piperidine rings is 1. The van der Waals surface area contributed by atoms with Gasteiger partial charge in [-0.05, 0) is 31.5 Å². The van der Waals surface area contributed by atoms with Crippen molar-refractivity contribution in [3.8, 4) is 5.75 Å². The Morgan fingerprint density at radius 1 is 1.53 bits per heavy atom. The predicted octanol–water partition coefficient (Wildman–Crippen LogP) is 2.47. The number of amides is 1. The summed E-state index contributed by atoms with van der Waals surface area (Å²) in [5, 5.41) is 0. The average molecular weight is 327 g/mol. The minimum Gasteiger partial charge on any atom is -0.496 e. The van der Waals surface area contributed by atoms with E-state index >= 15 is 0 Å². The Bertz CT molecular complexity index is 479. The van der Waals surface area contributed by atoms with Gasteiger partial charge in [-0.25, -0.2) is 0 Å². The lowest BCUT2D eigenvalue weighted by Gasteiger charge is -2.40. The smallest absolute Gasteiger partial charge is 0.223 e. The molecule has 1 fully saturated rings. The molecule has 0 aliphatic carbocycles. The quantitative estimate of drug-likeness (QED) is 0.928. The summed E-state index contributed by atoms with van der Waals surface area (Å²) in [5.41, 5.74) is 7.22. The molecule has 0 aromatic heterocycles. The maximum atomic E-state index is 12.1. The van der Waals surface area contributed by atoms with Gasteiger partial charge in [-0.3, -0.25) is 4.79 Å². The zero-order chi connectivity index (χ0) is 14.0. The molecule has 5 heteroatoms. The van der Waals surface area contributed by atoms with Crippen molar-refractivity contribution in [1.29, 1.82) is 0 Å². The Labute approximate surface area is 122 Å². The van der Waals surface area contributed by atoms with Crippen molar-refractivity contribution in [3.05, 3.63) is 28.2 Å². The number of ether oxygens (including phenoxy) is 1. The standard InChI is InChI=1S/C14H19BrN2O2/c1-3-17-13(18)7-5-11(16)14(17)10-8-9(15)4-6-12(10)19-2/h4,6,8,11,14H,3,5,7,16H2,1-2H3. The summed E-state index contributed by atoms with van der Waals surface area (Å²) in [5.74, 6) is 0.938. The zero-order valence-corrected chi connectivity index (χ0v) is 12.8. The number of nitrogens with zero attached hydrogens (tertiary/aromatic N) is 1. The number of carbonyl (C=O) groups is 1. The van der Waals surface area contributed by atoms with E-state index < -0.39 is 0 Å². The first kappa shape index (κ1) is 14.3. The van der Waals surface area contributed by atoms with E-state index in [1.807, 2.05) is 30.0 Å². The highest BCUT2D eigenvalue weighted by atomic mass is 79.9. The van der Waals surface area contributed by atoms with Crippen LogP contribution >= 0.6 is 15.9 Å². The van der Waals surface area contributed by atoms with E-state index in [-0.39, 0.29) is 18.0 Å². The minimum absolute atomic E-state index is 0.0548. The molecule has 2 N–H and O–H groups in total. The average Bonchev–Trinajstić information content (AvgIpc) is 2.41. The Morgan fingerprint density at radius 2 is 2.26 bits per heavy atom. The van der Waals surface area contributed by atoms with E-state index in [1.165, 1.54) is 0 Å². The predicted molar refractivity (Wildman–Crippen MR) is 78.0 cm³/mol. The molecule has 0 radical (unpaired) electrons. The molecule has 0 saturated carbocycles. The number of benzene rings is 1. The number of carbonyl (C=O) groups excluding carboxylic acids is 1. The van der Waals surface area contributed by atoms with E-state index in [2.05, 4.69) is 15.9 Å². The van der Waals surface area contributed by atoms with Crippen molar-refractivity contribution in [2.24, 2.45) is 5.73 Å². The van der Waals surface area contributed by atoms with E-state index in [9.17, 15) is 4.79 Å². The van der Waals surface area contributed by atoms with Crippen LogP contribution < -0.4 is 10.5 Å². The molecule has 1 aliphatic heterocycles. The molecule has 2 atom stereocenters. The fourth-order valence-electron chi connectivity index (χ4n) is 2.69. The van der Waals surface area contributed by atoms with Crippen LogP contribution in [0.3, 0.4) is 0 Å². The minimum atomic E-state index is -0.112. The second kappa shape index (κ2) is 5.92. The lowest BCUT2D eigenvalue weighted by atomic mass is 9.90. The molecule has 2 unspecified atom stereocenters. The lowest BCUT2D eigenvalue weighted by Crippen LogP contribution is -2.48. The summed E-state index contributed by atoms with van der Waals surface area (Å²) in [6, 6.07) is 5.65. The van der Waals surface area contributed by atoms with Gasteiger partial charge in [0.15, 0.2) is 0 Å². The van der Waals surface area contributed by atoms with Crippen molar-refractivity contribution in [2.75, 3.05) is 13.7 Å². The molecule has 0 bridgehead atoms. The molecular formula is C14H19BrN2O2. The SMILES string of the molecule is CCN1C(=O)CCC(N)C1c1cc(Br)ccc1OC. The largest absolute Gasteiger partial charge is 0.496 e. The lowest BCUT2D eigenvalue weighted by molar-refractivity contribution is -0.137. The van der Waals surface area contributed by atoms with Gasteiger partial charge in [0.2, 0.25) is 5.91 Å². The summed E-state index contributed by atoms with van der Waals surface area (Å²) in [7, 11) is 1.64. The third-order valence-corrected chi connectivity index (χ3v) is 4.10. The van der Waals surface area contributed by atoms with Gasteiger partial charge in [0.05, 0.1) is 13.2 Å². The van der Waals surface area contributed by atoms with Crippen LogP contribution in [0.25, 0.3) is 0 Å². The van der Waals surface area contributed by atoms with Crippen LogP contribution in [0.5, 0.6) is 5.75 Å². The molecule has 1 saturated heterocycles. The van der Waals surface area contributed by atoms with E-state index in [1.54, 1.807) is 7.11 Å². The van der Waals surface area contributed by atoms with Crippen LogP contribution in [-0.2, 0) is 4.79 Å².